The van der Waals surface area contributed by atoms with Gasteiger partial charge in [0.15, 0.2) is 0 Å². The van der Waals surface area contributed by atoms with Gasteiger partial charge in [-0.2, -0.15) is 0 Å². The lowest BCUT2D eigenvalue weighted by atomic mass is 9.88. The smallest absolute Gasteiger partial charge is 0.137 e. The summed E-state index contributed by atoms with van der Waals surface area (Å²) in [6.07, 6.45) is -0.364. The molecule has 0 saturated heterocycles. The van der Waals surface area contributed by atoms with Crippen LogP contribution < -0.4 is 5.11 Å². The maximum atomic E-state index is 11.4. The summed E-state index contributed by atoms with van der Waals surface area (Å²) >= 11 is 0. The molecule has 3 nitrogen and oxygen atoms in total. The number of nitrogens with zero attached hydrogens (tertiary/aromatic N) is 1. The fraction of sp³-hybridized carbons (Fsp3) is 0.188. The molecule has 1 heterocycles. The molecule has 0 aliphatic carbocycles. The highest BCUT2D eigenvalue weighted by Crippen LogP contribution is 2.34. The lowest BCUT2D eigenvalue weighted by Crippen LogP contribution is -2.47. The van der Waals surface area contributed by atoms with Gasteiger partial charge in [0.25, 0.3) is 0 Å². The van der Waals surface area contributed by atoms with Crippen LogP contribution in [0.5, 0.6) is 0 Å². The molecule has 2 aromatic carbocycles. The van der Waals surface area contributed by atoms with Crippen molar-refractivity contribution in [3.8, 4) is 0 Å². The molecular formula is C16H14NO2-. The maximum absolute atomic E-state index is 11.4. The minimum atomic E-state index is -1.11. The van der Waals surface area contributed by atoms with E-state index in [0.29, 0.717) is 6.54 Å². The second-order valence-corrected chi connectivity index (χ2v) is 4.72. The van der Waals surface area contributed by atoms with E-state index in [9.17, 15) is 9.90 Å². The van der Waals surface area contributed by atoms with E-state index in [1.165, 1.54) is 10.5 Å². The van der Waals surface area contributed by atoms with Crippen LogP contribution in [0.3, 0.4) is 0 Å². The Balaban J connectivity index is 2.13. The summed E-state index contributed by atoms with van der Waals surface area (Å²) in [4.78, 5) is 12.8. The summed E-state index contributed by atoms with van der Waals surface area (Å²) in [5, 5.41) is 11.4. The fourth-order valence-electron chi connectivity index (χ4n) is 2.76. The van der Waals surface area contributed by atoms with Crippen LogP contribution in [-0.2, 0) is 6.42 Å². The minimum Gasteiger partial charge on any atom is -0.530 e. The second kappa shape index (κ2) is 4.76. The van der Waals surface area contributed by atoms with Gasteiger partial charge in [-0.05, 0) is 23.1 Å². The van der Waals surface area contributed by atoms with E-state index in [1.54, 1.807) is 0 Å². The van der Waals surface area contributed by atoms with Gasteiger partial charge in [-0.3, -0.25) is 0 Å². The topological polar surface area (TPSA) is 43.4 Å². The van der Waals surface area contributed by atoms with Crippen LogP contribution in [0, 0.1) is 0 Å². The molecule has 0 bridgehead atoms. The molecule has 0 unspecified atom stereocenters. The van der Waals surface area contributed by atoms with Gasteiger partial charge in [-0.1, -0.05) is 54.6 Å². The van der Waals surface area contributed by atoms with Crippen molar-refractivity contribution >= 4 is 6.09 Å². The molecule has 0 fully saturated rings. The molecule has 1 aliphatic heterocycles. The second-order valence-electron chi connectivity index (χ2n) is 4.72. The Morgan fingerprint density at radius 2 is 1.74 bits per heavy atom. The molecule has 19 heavy (non-hydrogen) atoms. The summed E-state index contributed by atoms with van der Waals surface area (Å²) in [7, 11) is 0. The van der Waals surface area contributed by atoms with Crippen molar-refractivity contribution in [3.05, 3.63) is 71.3 Å². The number of rotatable bonds is 1. The number of benzene rings is 2. The average molecular weight is 252 g/mol. The van der Waals surface area contributed by atoms with Crippen molar-refractivity contribution in [1.29, 1.82) is 0 Å². The number of fused-ring (bicyclic) bond motifs is 1. The molecule has 3 rings (SSSR count). The third-order valence-electron chi connectivity index (χ3n) is 3.63. The Labute approximate surface area is 112 Å². The van der Waals surface area contributed by atoms with Crippen LogP contribution in [0.2, 0.25) is 0 Å². The van der Waals surface area contributed by atoms with Crippen molar-refractivity contribution in [1.82, 2.24) is 4.90 Å². The Hall–Kier alpha value is -2.29. The van der Waals surface area contributed by atoms with Crippen LogP contribution >= 0.6 is 0 Å². The highest BCUT2D eigenvalue weighted by molar-refractivity contribution is 5.65. The highest BCUT2D eigenvalue weighted by Gasteiger charge is 2.28. The third-order valence-corrected chi connectivity index (χ3v) is 3.63. The van der Waals surface area contributed by atoms with E-state index in [1.807, 2.05) is 48.5 Å². The number of carboxylic acid groups (broad SMARTS) is 1. The molecule has 3 heteroatoms. The molecule has 0 N–H and O–H groups in total. The van der Waals surface area contributed by atoms with Crippen molar-refractivity contribution < 1.29 is 9.90 Å². The number of amides is 1. The highest BCUT2D eigenvalue weighted by atomic mass is 16.4. The van der Waals surface area contributed by atoms with E-state index >= 15 is 0 Å². The van der Waals surface area contributed by atoms with Crippen LogP contribution in [0.4, 0.5) is 4.79 Å². The predicted molar refractivity (Wildman–Crippen MR) is 70.5 cm³/mol. The molecule has 2 aromatic rings. The molecule has 0 saturated carbocycles. The monoisotopic (exact) mass is 252 g/mol. The van der Waals surface area contributed by atoms with Crippen molar-refractivity contribution in [2.45, 2.75) is 12.5 Å². The first-order chi connectivity index (χ1) is 9.27. The molecular weight excluding hydrogens is 238 g/mol. The van der Waals surface area contributed by atoms with Gasteiger partial charge in [-0.15, -0.1) is 0 Å². The average Bonchev–Trinajstić information content (AvgIpc) is 2.46. The molecule has 0 spiro atoms. The molecule has 1 atom stereocenters. The Kier molecular flexibility index (Phi) is 2.95. The zero-order valence-corrected chi connectivity index (χ0v) is 10.5. The number of hydrogen-bond donors (Lipinski definition) is 0. The SMILES string of the molecule is O=C([O-])N1CCc2ccccc2[C@@H]1c1ccccc1. The van der Waals surface area contributed by atoms with E-state index in [0.717, 1.165) is 17.5 Å². The first-order valence-corrected chi connectivity index (χ1v) is 6.38. The van der Waals surface area contributed by atoms with Crippen molar-refractivity contribution in [3.63, 3.8) is 0 Å². The van der Waals surface area contributed by atoms with Gasteiger partial charge < -0.3 is 14.8 Å². The van der Waals surface area contributed by atoms with Gasteiger partial charge in [-0.25, -0.2) is 0 Å². The Morgan fingerprint density at radius 3 is 2.47 bits per heavy atom. The molecule has 0 radical (unpaired) electrons. The lowest BCUT2D eigenvalue weighted by Gasteiger charge is -2.39. The quantitative estimate of drug-likeness (QED) is 0.779. The molecule has 1 aliphatic rings. The normalized spacial score (nSPS) is 17.9. The van der Waals surface area contributed by atoms with Crippen LogP contribution in [-0.4, -0.2) is 17.5 Å². The first kappa shape index (κ1) is 11.8. The standard InChI is InChI=1S/C16H15NO2/c18-16(19)17-11-10-12-6-4-5-9-14(12)15(17)13-7-2-1-3-8-13/h1-9,15H,10-11H2,(H,18,19)/p-1/t15-/m0/s1. The van der Waals surface area contributed by atoms with E-state index < -0.39 is 6.09 Å². The predicted octanol–water partition coefficient (Wildman–Crippen LogP) is 1.98. The number of hydrogen-bond acceptors (Lipinski definition) is 2. The number of carbonyl (C=O) groups excluding carboxylic acids is 1. The van der Waals surface area contributed by atoms with Gasteiger partial charge in [0, 0.05) is 6.54 Å². The zero-order chi connectivity index (χ0) is 13.2. The van der Waals surface area contributed by atoms with Crippen LogP contribution in [0.1, 0.15) is 22.7 Å². The zero-order valence-electron chi connectivity index (χ0n) is 10.5. The molecule has 1 amide bonds. The minimum absolute atomic E-state index is 0.254. The third kappa shape index (κ3) is 2.08. The molecule has 0 aromatic heterocycles. The number of carbonyl (C=O) groups is 1. The summed E-state index contributed by atoms with van der Waals surface area (Å²) in [6, 6.07) is 17.5. The maximum Gasteiger partial charge on any atom is 0.137 e. The van der Waals surface area contributed by atoms with E-state index in [4.69, 9.17) is 0 Å². The summed E-state index contributed by atoms with van der Waals surface area (Å²) in [5.74, 6) is 0. The lowest BCUT2D eigenvalue weighted by molar-refractivity contribution is -0.267. The van der Waals surface area contributed by atoms with Gasteiger partial charge >= 0.3 is 0 Å². The van der Waals surface area contributed by atoms with Gasteiger partial charge in [0.1, 0.15) is 6.09 Å². The Morgan fingerprint density at radius 1 is 1.05 bits per heavy atom. The van der Waals surface area contributed by atoms with Crippen molar-refractivity contribution in [2.24, 2.45) is 0 Å². The Bertz CT molecular complexity index is 595. The van der Waals surface area contributed by atoms with Gasteiger partial charge in [0.05, 0.1) is 6.04 Å². The summed E-state index contributed by atoms with van der Waals surface area (Å²) in [6.45, 7) is 0.485. The van der Waals surface area contributed by atoms with Gasteiger partial charge in [0.2, 0.25) is 0 Å². The molecule has 96 valence electrons. The fourth-order valence-corrected chi connectivity index (χ4v) is 2.76. The first-order valence-electron chi connectivity index (χ1n) is 6.38. The summed E-state index contributed by atoms with van der Waals surface area (Å²) < 4.78 is 0. The van der Waals surface area contributed by atoms with Crippen LogP contribution in [0.15, 0.2) is 54.6 Å². The summed E-state index contributed by atoms with van der Waals surface area (Å²) in [5.41, 5.74) is 3.26. The van der Waals surface area contributed by atoms with Crippen molar-refractivity contribution in [2.75, 3.05) is 6.54 Å². The van der Waals surface area contributed by atoms with E-state index in [-0.39, 0.29) is 6.04 Å². The largest absolute Gasteiger partial charge is 0.530 e. The van der Waals surface area contributed by atoms with Crippen LogP contribution in [0.25, 0.3) is 0 Å². The van der Waals surface area contributed by atoms with E-state index in [2.05, 4.69) is 6.07 Å².